The van der Waals surface area contributed by atoms with Gasteiger partial charge in [0.05, 0.1) is 0 Å². The second kappa shape index (κ2) is 2.30. The first-order valence-corrected chi connectivity index (χ1v) is 3.87. The van der Waals surface area contributed by atoms with Crippen molar-refractivity contribution in [3.8, 4) is 0 Å². The van der Waals surface area contributed by atoms with Gasteiger partial charge in [0.25, 0.3) is 0 Å². The molecule has 0 amide bonds. The fourth-order valence-corrected chi connectivity index (χ4v) is 1.01. The van der Waals surface area contributed by atoms with E-state index in [0.29, 0.717) is 11.7 Å². The van der Waals surface area contributed by atoms with E-state index >= 15 is 0 Å². The van der Waals surface area contributed by atoms with Gasteiger partial charge in [-0.05, 0) is 19.8 Å². The van der Waals surface area contributed by atoms with Gasteiger partial charge in [0, 0.05) is 5.92 Å². The summed E-state index contributed by atoms with van der Waals surface area (Å²) < 4.78 is 0. The predicted octanol–water partition coefficient (Wildman–Crippen LogP) is 0.735. The Morgan fingerprint density at radius 2 is 2.36 bits per heavy atom. The maximum absolute atomic E-state index is 9.09. The minimum Gasteiger partial charge on any atom is -0.385 e. The number of aromatic nitrogens is 3. The summed E-state index contributed by atoms with van der Waals surface area (Å²) >= 11 is 0. The number of nitrogens with one attached hydrogen (secondary N) is 1. The lowest BCUT2D eigenvalue weighted by Crippen LogP contribution is -1.93. The number of nitrogens with zero attached hydrogens (tertiary/aromatic N) is 2. The lowest BCUT2D eigenvalue weighted by molar-refractivity contribution is 0.189. The first kappa shape index (κ1) is 6.79. The van der Waals surface area contributed by atoms with Gasteiger partial charge in [-0.15, -0.1) is 0 Å². The van der Waals surface area contributed by atoms with Gasteiger partial charge in [-0.25, -0.2) is 4.98 Å². The monoisotopic (exact) mass is 153 g/mol. The molecule has 0 bridgehead atoms. The van der Waals surface area contributed by atoms with Crippen LogP contribution in [0.2, 0.25) is 0 Å². The molecule has 60 valence electrons. The molecule has 11 heavy (non-hydrogen) atoms. The lowest BCUT2D eigenvalue weighted by Gasteiger charge is -1.92. The highest BCUT2D eigenvalue weighted by Gasteiger charge is 2.27. The zero-order valence-corrected chi connectivity index (χ0v) is 6.41. The SMILES string of the molecule is C[C@H](O)c1n[nH]c(C2CC2)n1. The molecule has 4 nitrogen and oxygen atoms in total. The van der Waals surface area contributed by atoms with E-state index < -0.39 is 6.10 Å². The maximum Gasteiger partial charge on any atom is 0.178 e. The summed E-state index contributed by atoms with van der Waals surface area (Å²) in [7, 11) is 0. The summed E-state index contributed by atoms with van der Waals surface area (Å²) in [6, 6.07) is 0. The quantitative estimate of drug-likeness (QED) is 0.658. The Kier molecular flexibility index (Phi) is 1.42. The molecule has 1 heterocycles. The molecule has 1 aliphatic rings. The Hall–Kier alpha value is -0.900. The smallest absolute Gasteiger partial charge is 0.178 e. The van der Waals surface area contributed by atoms with Crippen molar-refractivity contribution >= 4 is 0 Å². The van der Waals surface area contributed by atoms with Crippen LogP contribution in [-0.2, 0) is 0 Å². The predicted molar refractivity (Wildman–Crippen MR) is 39.0 cm³/mol. The van der Waals surface area contributed by atoms with Crippen LogP contribution >= 0.6 is 0 Å². The van der Waals surface area contributed by atoms with Crippen LogP contribution in [0.5, 0.6) is 0 Å². The first-order chi connectivity index (χ1) is 5.27. The average Bonchev–Trinajstić information content (AvgIpc) is 2.68. The number of rotatable bonds is 2. The van der Waals surface area contributed by atoms with Crippen molar-refractivity contribution < 1.29 is 5.11 Å². The van der Waals surface area contributed by atoms with Gasteiger partial charge in [-0.1, -0.05) is 0 Å². The van der Waals surface area contributed by atoms with E-state index in [-0.39, 0.29) is 0 Å². The molecular weight excluding hydrogens is 142 g/mol. The van der Waals surface area contributed by atoms with Crippen molar-refractivity contribution in [2.75, 3.05) is 0 Å². The topological polar surface area (TPSA) is 61.8 Å². The van der Waals surface area contributed by atoms with Crippen molar-refractivity contribution in [3.63, 3.8) is 0 Å². The Labute approximate surface area is 64.7 Å². The van der Waals surface area contributed by atoms with Gasteiger partial charge >= 0.3 is 0 Å². The zero-order valence-electron chi connectivity index (χ0n) is 6.41. The highest BCUT2D eigenvalue weighted by Crippen LogP contribution is 2.37. The van der Waals surface area contributed by atoms with Crippen LogP contribution in [0.4, 0.5) is 0 Å². The van der Waals surface area contributed by atoms with Crippen LogP contribution < -0.4 is 0 Å². The van der Waals surface area contributed by atoms with E-state index in [4.69, 9.17) is 5.11 Å². The minimum atomic E-state index is -0.557. The molecule has 1 aliphatic carbocycles. The van der Waals surface area contributed by atoms with Crippen molar-refractivity contribution in [1.29, 1.82) is 0 Å². The van der Waals surface area contributed by atoms with E-state index in [1.807, 2.05) is 0 Å². The summed E-state index contributed by atoms with van der Waals surface area (Å²) in [5, 5.41) is 15.8. The highest BCUT2D eigenvalue weighted by atomic mass is 16.3. The second-order valence-electron chi connectivity index (χ2n) is 3.03. The molecule has 0 saturated heterocycles. The molecule has 1 saturated carbocycles. The van der Waals surface area contributed by atoms with Gasteiger partial charge in [0.15, 0.2) is 5.82 Å². The third kappa shape index (κ3) is 1.26. The lowest BCUT2D eigenvalue weighted by atomic mass is 10.4. The largest absolute Gasteiger partial charge is 0.385 e. The highest BCUT2D eigenvalue weighted by molar-refractivity contribution is 5.05. The van der Waals surface area contributed by atoms with E-state index in [1.54, 1.807) is 6.92 Å². The van der Waals surface area contributed by atoms with Crippen molar-refractivity contribution in [2.45, 2.75) is 31.8 Å². The molecule has 1 aromatic heterocycles. The van der Waals surface area contributed by atoms with E-state index in [9.17, 15) is 0 Å². The molecule has 1 aromatic rings. The summed E-state index contributed by atoms with van der Waals surface area (Å²) in [6.07, 6.45) is 1.85. The van der Waals surface area contributed by atoms with E-state index in [0.717, 1.165) is 5.82 Å². The molecule has 0 aliphatic heterocycles. The van der Waals surface area contributed by atoms with Crippen molar-refractivity contribution in [2.24, 2.45) is 0 Å². The fourth-order valence-electron chi connectivity index (χ4n) is 1.01. The normalized spacial score (nSPS) is 20.2. The van der Waals surface area contributed by atoms with Gasteiger partial charge in [-0.2, -0.15) is 5.10 Å². The zero-order chi connectivity index (χ0) is 7.84. The van der Waals surface area contributed by atoms with Crippen molar-refractivity contribution in [3.05, 3.63) is 11.6 Å². The Balaban J connectivity index is 2.18. The summed E-state index contributed by atoms with van der Waals surface area (Å²) in [5.74, 6) is 2.02. The number of aliphatic hydroxyl groups is 1. The molecule has 0 unspecified atom stereocenters. The third-order valence-corrected chi connectivity index (χ3v) is 1.86. The van der Waals surface area contributed by atoms with E-state index in [2.05, 4.69) is 15.2 Å². The molecule has 4 heteroatoms. The molecule has 1 atom stereocenters. The van der Waals surface area contributed by atoms with Crippen LogP contribution in [0.1, 0.15) is 43.4 Å². The van der Waals surface area contributed by atoms with Crippen LogP contribution in [0.3, 0.4) is 0 Å². The third-order valence-electron chi connectivity index (χ3n) is 1.86. The standard InChI is InChI=1S/C7H11N3O/c1-4(11)6-8-7(10-9-6)5-2-3-5/h4-5,11H,2-3H2,1H3,(H,8,9,10)/t4-/m0/s1. The number of hydrogen-bond acceptors (Lipinski definition) is 3. The van der Waals surface area contributed by atoms with Crippen LogP contribution in [0, 0.1) is 0 Å². The Morgan fingerprint density at radius 1 is 1.64 bits per heavy atom. The van der Waals surface area contributed by atoms with Gasteiger partial charge < -0.3 is 5.11 Å². The summed E-state index contributed by atoms with van der Waals surface area (Å²) in [6.45, 7) is 1.67. The van der Waals surface area contributed by atoms with Gasteiger partial charge in [0.2, 0.25) is 0 Å². The molecule has 2 N–H and O–H groups in total. The molecular formula is C7H11N3O. The summed E-state index contributed by atoms with van der Waals surface area (Å²) in [4.78, 5) is 4.16. The molecule has 0 radical (unpaired) electrons. The number of aromatic amines is 1. The minimum absolute atomic E-state index is 0.506. The van der Waals surface area contributed by atoms with Gasteiger partial charge in [-0.3, -0.25) is 5.10 Å². The fraction of sp³-hybridized carbons (Fsp3) is 0.714. The van der Waals surface area contributed by atoms with Crippen LogP contribution in [0.25, 0.3) is 0 Å². The second-order valence-corrected chi connectivity index (χ2v) is 3.03. The van der Waals surface area contributed by atoms with Crippen LogP contribution in [-0.4, -0.2) is 20.3 Å². The van der Waals surface area contributed by atoms with Crippen LogP contribution in [0.15, 0.2) is 0 Å². The van der Waals surface area contributed by atoms with Crippen molar-refractivity contribution in [1.82, 2.24) is 15.2 Å². The molecule has 1 fully saturated rings. The number of hydrogen-bond donors (Lipinski definition) is 2. The molecule has 0 aromatic carbocycles. The van der Waals surface area contributed by atoms with Gasteiger partial charge in [0.1, 0.15) is 11.9 Å². The summed E-state index contributed by atoms with van der Waals surface area (Å²) in [5.41, 5.74) is 0. The number of aliphatic hydroxyl groups excluding tert-OH is 1. The average molecular weight is 153 g/mol. The molecule has 2 rings (SSSR count). The maximum atomic E-state index is 9.09. The Morgan fingerprint density at radius 3 is 2.82 bits per heavy atom. The first-order valence-electron chi connectivity index (χ1n) is 3.87. The number of H-pyrrole nitrogens is 1. The van der Waals surface area contributed by atoms with E-state index in [1.165, 1.54) is 12.8 Å². The molecule has 0 spiro atoms. The Bertz CT molecular complexity index is 235.